The van der Waals surface area contributed by atoms with Gasteiger partial charge in [0.15, 0.2) is 0 Å². The van der Waals surface area contributed by atoms with Crippen molar-refractivity contribution in [1.29, 1.82) is 0 Å². The van der Waals surface area contributed by atoms with Gasteiger partial charge in [-0.25, -0.2) is 4.79 Å². The summed E-state index contributed by atoms with van der Waals surface area (Å²) in [5, 5.41) is 12.4. The molecule has 5 nitrogen and oxygen atoms in total. The summed E-state index contributed by atoms with van der Waals surface area (Å²) in [5.74, 6) is -1.25. The second-order valence-electron chi connectivity index (χ2n) is 6.55. The Bertz CT molecular complexity index is 396. The lowest BCUT2D eigenvalue weighted by Gasteiger charge is -2.38. The minimum atomic E-state index is -4.14. The second-order valence-corrected chi connectivity index (χ2v) is 6.55. The van der Waals surface area contributed by atoms with Crippen molar-refractivity contribution >= 4 is 6.03 Å². The number of aliphatic hydroxyl groups excluding tert-OH is 1. The van der Waals surface area contributed by atoms with Gasteiger partial charge in [-0.05, 0) is 39.0 Å². The Morgan fingerprint density at radius 2 is 2.00 bits per heavy atom. The van der Waals surface area contributed by atoms with Gasteiger partial charge in [0.25, 0.3) is 0 Å². The molecule has 1 saturated heterocycles. The molecule has 0 unspecified atom stereocenters. The van der Waals surface area contributed by atoms with Crippen molar-refractivity contribution in [3.05, 3.63) is 0 Å². The number of carbonyl (C=O) groups excluding carboxylic acids is 1. The Kier molecular flexibility index (Phi) is 6.13. The van der Waals surface area contributed by atoms with Crippen molar-refractivity contribution in [3.63, 3.8) is 0 Å². The lowest BCUT2D eigenvalue weighted by Crippen LogP contribution is -2.55. The second kappa shape index (κ2) is 7.70. The van der Waals surface area contributed by atoms with E-state index in [4.69, 9.17) is 4.74 Å². The number of hydrogen-bond donors (Lipinski definition) is 2. The molecule has 0 aromatic heterocycles. The number of ether oxygens (including phenoxy) is 1. The quantitative estimate of drug-likeness (QED) is 0.830. The zero-order chi connectivity index (χ0) is 17.0. The zero-order valence-electron chi connectivity index (χ0n) is 13.3. The summed E-state index contributed by atoms with van der Waals surface area (Å²) in [6.07, 6.45) is -3.43. The fourth-order valence-electron chi connectivity index (χ4n) is 3.33. The first-order valence-corrected chi connectivity index (χ1v) is 8.17. The molecule has 2 N–H and O–H groups in total. The maximum Gasteiger partial charge on any atom is 0.391 e. The fraction of sp³-hybridized carbons (Fsp3) is 0.933. The Morgan fingerprint density at radius 3 is 2.57 bits per heavy atom. The van der Waals surface area contributed by atoms with Crippen molar-refractivity contribution in [2.45, 2.75) is 63.4 Å². The van der Waals surface area contributed by atoms with Gasteiger partial charge in [-0.1, -0.05) is 0 Å². The van der Waals surface area contributed by atoms with Gasteiger partial charge in [0.1, 0.15) is 0 Å². The van der Waals surface area contributed by atoms with Crippen LogP contribution >= 0.6 is 0 Å². The monoisotopic (exact) mass is 338 g/mol. The third kappa shape index (κ3) is 5.24. The maximum atomic E-state index is 12.7. The summed E-state index contributed by atoms with van der Waals surface area (Å²) in [6.45, 7) is 2.90. The lowest BCUT2D eigenvalue weighted by atomic mass is 9.85. The first-order chi connectivity index (χ1) is 10.8. The van der Waals surface area contributed by atoms with Crippen LogP contribution in [0.5, 0.6) is 0 Å². The van der Waals surface area contributed by atoms with Crippen molar-refractivity contribution in [2.75, 3.05) is 19.8 Å². The minimum Gasteiger partial charge on any atom is -0.393 e. The molecule has 0 radical (unpaired) electrons. The molecule has 2 rings (SSSR count). The van der Waals surface area contributed by atoms with Gasteiger partial charge < -0.3 is 20.1 Å². The highest BCUT2D eigenvalue weighted by Gasteiger charge is 2.42. The minimum absolute atomic E-state index is 0.0641. The Hall–Kier alpha value is -1.02. The molecule has 2 amide bonds. The highest BCUT2D eigenvalue weighted by molar-refractivity contribution is 5.75. The number of hydrogen-bond acceptors (Lipinski definition) is 3. The van der Waals surface area contributed by atoms with Crippen LogP contribution in [0.3, 0.4) is 0 Å². The van der Waals surface area contributed by atoms with E-state index in [2.05, 4.69) is 5.32 Å². The molecule has 23 heavy (non-hydrogen) atoms. The summed E-state index contributed by atoms with van der Waals surface area (Å²) in [5.41, 5.74) is 0. The molecular formula is C15H25F3N2O3. The number of alkyl halides is 3. The van der Waals surface area contributed by atoms with E-state index in [0.717, 1.165) is 0 Å². The van der Waals surface area contributed by atoms with Crippen molar-refractivity contribution in [2.24, 2.45) is 5.92 Å². The number of nitrogens with one attached hydrogen (secondary N) is 1. The smallest absolute Gasteiger partial charge is 0.391 e. The lowest BCUT2D eigenvalue weighted by molar-refractivity contribution is -0.182. The van der Waals surface area contributed by atoms with Gasteiger partial charge in [-0.2, -0.15) is 13.2 Å². The molecule has 134 valence electrons. The van der Waals surface area contributed by atoms with Crippen LogP contribution in [-0.2, 0) is 4.74 Å². The van der Waals surface area contributed by atoms with E-state index in [1.54, 1.807) is 11.8 Å². The predicted octanol–water partition coefficient (Wildman–Crippen LogP) is 2.29. The van der Waals surface area contributed by atoms with Crippen molar-refractivity contribution in [1.82, 2.24) is 10.2 Å². The van der Waals surface area contributed by atoms with E-state index >= 15 is 0 Å². The molecule has 0 spiro atoms. The predicted molar refractivity (Wildman–Crippen MR) is 77.9 cm³/mol. The average molecular weight is 338 g/mol. The van der Waals surface area contributed by atoms with Crippen LogP contribution in [0.4, 0.5) is 18.0 Å². The molecule has 0 bridgehead atoms. The highest BCUT2D eigenvalue weighted by Crippen LogP contribution is 2.37. The van der Waals surface area contributed by atoms with Gasteiger partial charge in [-0.15, -0.1) is 0 Å². The number of rotatable bonds is 3. The number of carbonyl (C=O) groups is 1. The van der Waals surface area contributed by atoms with Crippen LogP contribution in [-0.4, -0.2) is 60.2 Å². The zero-order valence-corrected chi connectivity index (χ0v) is 13.3. The molecule has 1 saturated carbocycles. The van der Waals surface area contributed by atoms with Crippen LogP contribution in [0.1, 0.15) is 39.0 Å². The van der Waals surface area contributed by atoms with E-state index in [0.29, 0.717) is 39.0 Å². The van der Waals surface area contributed by atoms with Gasteiger partial charge in [0.05, 0.1) is 31.3 Å². The summed E-state index contributed by atoms with van der Waals surface area (Å²) in [6, 6.07) is -0.680. The number of nitrogens with zero attached hydrogens (tertiary/aromatic N) is 1. The number of aliphatic hydroxyl groups is 1. The fourth-order valence-corrected chi connectivity index (χ4v) is 3.33. The van der Waals surface area contributed by atoms with Crippen LogP contribution in [0.15, 0.2) is 0 Å². The third-order valence-electron chi connectivity index (χ3n) is 4.62. The Morgan fingerprint density at radius 1 is 1.35 bits per heavy atom. The number of halogens is 3. The molecule has 1 aliphatic heterocycles. The average Bonchev–Trinajstić information content (AvgIpc) is 2.46. The molecule has 2 aliphatic rings. The summed E-state index contributed by atoms with van der Waals surface area (Å²) in [4.78, 5) is 14.0. The highest BCUT2D eigenvalue weighted by atomic mass is 19.4. The van der Waals surface area contributed by atoms with E-state index in [1.807, 2.05) is 0 Å². The van der Waals surface area contributed by atoms with Crippen LogP contribution in [0.25, 0.3) is 0 Å². The van der Waals surface area contributed by atoms with E-state index in [-0.39, 0.29) is 31.0 Å². The third-order valence-corrected chi connectivity index (χ3v) is 4.62. The Balaban J connectivity index is 1.84. The summed E-state index contributed by atoms with van der Waals surface area (Å²) in [7, 11) is 0. The normalized spacial score (nSPS) is 30.8. The molecule has 2 fully saturated rings. The SMILES string of the molecule is C[C@@H](O)C[C@@H]1COCCN1C(=O)NC1CCC(C(F)(F)F)CC1. The number of morpholine rings is 1. The largest absolute Gasteiger partial charge is 0.393 e. The van der Waals surface area contributed by atoms with Gasteiger partial charge in [0, 0.05) is 12.6 Å². The van der Waals surface area contributed by atoms with E-state index < -0.39 is 18.2 Å². The molecule has 8 heteroatoms. The number of urea groups is 1. The van der Waals surface area contributed by atoms with Crippen molar-refractivity contribution < 1.29 is 27.8 Å². The standard InChI is InChI=1S/C15H25F3N2O3/c1-10(21)8-13-9-23-7-6-20(13)14(22)19-12-4-2-11(3-5-12)15(16,17)18/h10-13,21H,2-9H2,1H3,(H,19,22)/t10-,11?,12?,13-/m1/s1. The van der Waals surface area contributed by atoms with Crippen LogP contribution < -0.4 is 5.32 Å². The first kappa shape index (κ1) is 18.3. The van der Waals surface area contributed by atoms with Crippen LogP contribution in [0.2, 0.25) is 0 Å². The Labute approximate surface area is 134 Å². The topological polar surface area (TPSA) is 61.8 Å². The summed E-state index contributed by atoms with van der Waals surface area (Å²) >= 11 is 0. The van der Waals surface area contributed by atoms with E-state index in [1.165, 1.54) is 0 Å². The molecule has 0 aromatic carbocycles. The van der Waals surface area contributed by atoms with Gasteiger partial charge >= 0.3 is 12.2 Å². The maximum absolute atomic E-state index is 12.7. The number of amides is 2. The first-order valence-electron chi connectivity index (χ1n) is 8.17. The van der Waals surface area contributed by atoms with Crippen molar-refractivity contribution in [3.8, 4) is 0 Å². The molecule has 1 aliphatic carbocycles. The van der Waals surface area contributed by atoms with E-state index in [9.17, 15) is 23.1 Å². The molecule has 2 atom stereocenters. The van der Waals surface area contributed by atoms with Gasteiger partial charge in [-0.3, -0.25) is 0 Å². The van der Waals surface area contributed by atoms with Gasteiger partial charge in [0.2, 0.25) is 0 Å². The molecule has 1 heterocycles. The molecule has 0 aromatic rings. The summed E-state index contributed by atoms with van der Waals surface area (Å²) < 4.78 is 43.3. The molecular weight excluding hydrogens is 313 g/mol. The van der Waals surface area contributed by atoms with Crippen LogP contribution in [0, 0.1) is 5.92 Å².